The van der Waals surface area contributed by atoms with Gasteiger partial charge in [-0.05, 0) is 24.3 Å². The Morgan fingerprint density at radius 3 is 2.71 bits per heavy atom. The van der Waals surface area contributed by atoms with Crippen LogP contribution in [-0.2, 0) is 5.41 Å². The van der Waals surface area contributed by atoms with E-state index in [1.807, 2.05) is 12.1 Å². The Kier molecular flexibility index (Phi) is 1.99. The summed E-state index contributed by atoms with van der Waals surface area (Å²) < 4.78 is 0. The average Bonchev–Trinajstić information content (AvgIpc) is 2.12. The number of Topliss-reactive ketones (excluding diaryl/α,β-unsaturated/α-hetero) is 1. The highest BCUT2D eigenvalue weighted by Crippen LogP contribution is 2.36. The Morgan fingerprint density at radius 1 is 1.29 bits per heavy atom. The van der Waals surface area contributed by atoms with Crippen LogP contribution in [0.1, 0.15) is 48.2 Å². The molecular formula is C13H16O. The van der Waals surface area contributed by atoms with Crippen molar-refractivity contribution in [3.05, 3.63) is 34.9 Å². The fraction of sp³-hybridized carbons (Fsp3) is 0.462. The zero-order chi connectivity index (χ0) is 10.3. The van der Waals surface area contributed by atoms with Crippen molar-refractivity contribution in [1.29, 1.82) is 0 Å². The monoisotopic (exact) mass is 188 g/mol. The Morgan fingerprint density at radius 2 is 2.00 bits per heavy atom. The molecule has 1 heteroatoms. The van der Waals surface area contributed by atoms with Gasteiger partial charge in [0, 0.05) is 12.0 Å². The summed E-state index contributed by atoms with van der Waals surface area (Å²) in [5, 5.41) is 0. The van der Waals surface area contributed by atoms with Crippen LogP contribution in [-0.4, -0.2) is 5.78 Å². The molecule has 0 amide bonds. The van der Waals surface area contributed by atoms with Crippen LogP contribution in [0, 0.1) is 6.92 Å². The van der Waals surface area contributed by atoms with Crippen LogP contribution in [0.3, 0.4) is 0 Å². The number of carbonyl (C=O) groups excluding carboxylic acids is 1. The van der Waals surface area contributed by atoms with Gasteiger partial charge in [0.1, 0.15) is 0 Å². The van der Waals surface area contributed by atoms with E-state index >= 15 is 0 Å². The van der Waals surface area contributed by atoms with Gasteiger partial charge in [-0.1, -0.05) is 37.6 Å². The molecule has 1 aliphatic carbocycles. The number of hydrogen-bond donors (Lipinski definition) is 0. The Hall–Kier alpha value is -1.11. The molecule has 0 atom stereocenters. The molecule has 0 saturated heterocycles. The van der Waals surface area contributed by atoms with E-state index in [4.69, 9.17) is 0 Å². The molecule has 1 aromatic carbocycles. The zero-order valence-corrected chi connectivity index (χ0v) is 9.05. The number of aryl methyl sites for hydroxylation is 1. The van der Waals surface area contributed by atoms with Crippen LogP contribution < -0.4 is 0 Å². The number of benzene rings is 1. The van der Waals surface area contributed by atoms with Crippen LogP contribution in [0.4, 0.5) is 0 Å². The Balaban J connectivity index is 2.64. The van der Waals surface area contributed by atoms with Gasteiger partial charge in [0.15, 0.2) is 5.78 Å². The fourth-order valence-electron chi connectivity index (χ4n) is 2.16. The van der Waals surface area contributed by atoms with Gasteiger partial charge < -0.3 is 0 Å². The first kappa shape index (κ1) is 9.45. The van der Waals surface area contributed by atoms with Gasteiger partial charge in [0.2, 0.25) is 0 Å². The number of ketones is 1. The van der Waals surface area contributed by atoms with E-state index in [0.29, 0.717) is 12.2 Å². The smallest absolute Gasteiger partial charge is 0.163 e. The molecule has 74 valence electrons. The summed E-state index contributed by atoms with van der Waals surface area (Å²) in [7, 11) is 0. The predicted octanol–water partition coefficient (Wildman–Crippen LogP) is 3.25. The first-order valence-electron chi connectivity index (χ1n) is 5.15. The molecular weight excluding hydrogens is 172 g/mol. The summed E-state index contributed by atoms with van der Waals surface area (Å²) in [6, 6.07) is 6.17. The zero-order valence-electron chi connectivity index (χ0n) is 9.05. The van der Waals surface area contributed by atoms with E-state index in [0.717, 1.165) is 12.0 Å². The highest BCUT2D eigenvalue weighted by molar-refractivity contribution is 5.99. The summed E-state index contributed by atoms with van der Waals surface area (Å²) in [6.07, 6.45) is 1.67. The van der Waals surface area contributed by atoms with Crippen LogP contribution in [0.5, 0.6) is 0 Å². The third kappa shape index (κ3) is 1.37. The number of hydrogen-bond acceptors (Lipinski definition) is 1. The molecule has 1 aliphatic rings. The van der Waals surface area contributed by atoms with E-state index in [-0.39, 0.29) is 5.41 Å². The van der Waals surface area contributed by atoms with E-state index in [2.05, 4.69) is 26.8 Å². The average molecular weight is 188 g/mol. The first-order chi connectivity index (χ1) is 6.50. The van der Waals surface area contributed by atoms with Crippen LogP contribution in [0.25, 0.3) is 0 Å². The van der Waals surface area contributed by atoms with Gasteiger partial charge in [0.25, 0.3) is 0 Å². The van der Waals surface area contributed by atoms with Gasteiger partial charge in [0.05, 0.1) is 0 Å². The number of fused-ring (bicyclic) bond motifs is 1. The quantitative estimate of drug-likeness (QED) is 0.610. The second-order valence-corrected chi connectivity index (χ2v) is 4.86. The van der Waals surface area contributed by atoms with Crippen LogP contribution in [0.15, 0.2) is 18.2 Å². The van der Waals surface area contributed by atoms with Crippen molar-refractivity contribution in [3.63, 3.8) is 0 Å². The van der Waals surface area contributed by atoms with Crippen molar-refractivity contribution in [3.8, 4) is 0 Å². The van der Waals surface area contributed by atoms with E-state index in [1.165, 1.54) is 11.1 Å². The van der Waals surface area contributed by atoms with Crippen molar-refractivity contribution in [2.75, 3.05) is 0 Å². The Labute approximate surface area is 85.1 Å². The number of rotatable bonds is 0. The maximum atomic E-state index is 11.7. The summed E-state index contributed by atoms with van der Waals surface area (Å²) in [6.45, 7) is 6.52. The molecule has 0 fully saturated rings. The molecule has 2 rings (SSSR count). The van der Waals surface area contributed by atoms with E-state index < -0.39 is 0 Å². The molecule has 0 N–H and O–H groups in total. The normalized spacial score (nSPS) is 19.2. The Bertz CT molecular complexity index is 388. The minimum absolute atomic E-state index is 0.162. The lowest BCUT2D eigenvalue weighted by Crippen LogP contribution is -2.27. The molecule has 14 heavy (non-hydrogen) atoms. The van der Waals surface area contributed by atoms with E-state index in [1.54, 1.807) is 0 Å². The number of carbonyl (C=O) groups is 1. The molecule has 0 bridgehead atoms. The fourth-order valence-corrected chi connectivity index (χ4v) is 2.16. The van der Waals surface area contributed by atoms with Gasteiger partial charge in [-0.3, -0.25) is 4.79 Å². The lowest BCUT2D eigenvalue weighted by atomic mass is 9.72. The van der Waals surface area contributed by atoms with Crippen molar-refractivity contribution in [1.82, 2.24) is 0 Å². The summed E-state index contributed by atoms with van der Waals surface area (Å²) in [5.41, 5.74) is 3.57. The largest absolute Gasteiger partial charge is 0.294 e. The predicted molar refractivity (Wildman–Crippen MR) is 57.8 cm³/mol. The molecule has 0 spiro atoms. The lowest BCUT2D eigenvalue weighted by molar-refractivity contribution is 0.0957. The van der Waals surface area contributed by atoms with Crippen molar-refractivity contribution < 1.29 is 4.79 Å². The van der Waals surface area contributed by atoms with Gasteiger partial charge >= 0.3 is 0 Å². The third-order valence-electron chi connectivity index (χ3n) is 3.18. The molecule has 0 unspecified atom stereocenters. The van der Waals surface area contributed by atoms with Gasteiger partial charge in [-0.2, -0.15) is 0 Å². The molecule has 1 nitrogen and oxygen atoms in total. The molecule has 0 aromatic heterocycles. The molecule has 0 heterocycles. The van der Waals surface area contributed by atoms with Crippen molar-refractivity contribution in [2.24, 2.45) is 0 Å². The SMILES string of the molecule is Cc1ccc2c(c1)C(C)(C)CCC2=O. The van der Waals surface area contributed by atoms with Crippen LogP contribution in [0.2, 0.25) is 0 Å². The highest BCUT2D eigenvalue weighted by Gasteiger charge is 2.31. The third-order valence-corrected chi connectivity index (χ3v) is 3.18. The van der Waals surface area contributed by atoms with Gasteiger partial charge in [-0.25, -0.2) is 0 Å². The van der Waals surface area contributed by atoms with Crippen LogP contribution >= 0.6 is 0 Å². The van der Waals surface area contributed by atoms with Gasteiger partial charge in [-0.15, -0.1) is 0 Å². The summed E-state index contributed by atoms with van der Waals surface area (Å²) in [5.74, 6) is 0.305. The maximum absolute atomic E-state index is 11.7. The highest BCUT2D eigenvalue weighted by atomic mass is 16.1. The second-order valence-electron chi connectivity index (χ2n) is 4.86. The summed E-state index contributed by atoms with van der Waals surface area (Å²) in [4.78, 5) is 11.7. The molecule has 0 radical (unpaired) electrons. The minimum atomic E-state index is 0.162. The first-order valence-corrected chi connectivity index (χ1v) is 5.15. The lowest BCUT2D eigenvalue weighted by Gasteiger charge is -2.31. The molecule has 0 saturated carbocycles. The van der Waals surface area contributed by atoms with Crippen molar-refractivity contribution >= 4 is 5.78 Å². The van der Waals surface area contributed by atoms with Crippen molar-refractivity contribution in [2.45, 2.75) is 39.0 Å². The molecule has 1 aromatic rings. The molecule has 0 aliphatic heterocycles. The second kappa shape index (κ2) is 2.94. The summed E-state index contributed by atoms with van der Waals surface area (Å²) >= 11 is 0. The standard InChI is InChI=1S/C13H16O/c1-9-4-5-10-11(8-9)13(2,3)7-6-12(10)14/h4-5,8H,6-7H2,1-3H3. The topological polar surface area (TPSA) is 17.1 Å². The van der Waals surface area contributed by atoms with E-state index in [9.17, 15) is 4.79 Å². The maximum Gasteiger partial charge on any atom is 0.163 e. The minimum Gasteiger partial charge on any atom is -0.294 e.